The summed E-state index contributed by atoms with van der Waals surface area (Å²) >= 11 is 5.72. The largest absolute Gasteiger partial charge is 0.460 e. The number of urea groups is 1. The summed E-state index contributed by atoms with van der Waals surface area (Å²) in [5, 5.41) is 2.90. The van der Waals surface area contributed by atoms with Crippen molar-refractivity contribution >= 4 is 23.3 Å². The second-order valence-corrected chi connectivity index (χ2v) is 10.5. The molecule has 0 radical (unpaired) electrons. The van der Waals surface area contributed by atoms with Gasteiger partial charge in [0.15, 0.2) is 0 Å². The summed E-state index contributed by atoms with van der Waals surface area (Å²) < 4.78 is 229. The lowest BCUT2D eigenvalue weighted by atomic mass is 9.88. The highest BCUT2D eigenvalue weighted by Gasteiger charge is 2.95. The van der Waals surface area contributed by atoms with Crippen LogP contribution in [0.5, 0.6) is 0 Å². The van der Waals surface area contributed by atoms with Crippen molar-refractivity contribution in [1.82, 2.24) is 5.06 Å². The number of aryl methyl sites for hydroxylation is 1. The smallest absolute Gasteiger partial charge is 0.306 e. The van der Waals surface area contributed by atoms with Gasteiger partial charge in [0.05, 0.1) is 13.2 Å². The van der Waals surface area contributed by atoms with Gasteiger partial charge in [-0.3, -0.25) is 4.84 Å². The number of alkyl halides is 17. The van der Waals surface area contributed by atoms with E-state index in [4.69, 9.17) is 16.4 Å². The van der Waals surface area contributed by atoms with Crippen molar-refractivity contribution in [3.05, 3.63) is 64.7 Å². The number of amides is 2. The number of hydrogen-bond donors (Lipinski definition) is 1. The van der Waals surface area contributed by atoms with Gasteiger partial charge in [-0.05, 0) is 43.2 Å². The van der Waals surface area contributed by atoms with Gasteiger partial charge in [0.2, 0.25) is 0 Å². The standard InChI is InChI=1S/C26H20ClF17N2O2/c1-14-3-5-15(6-4-14)13-46(18(47)45-17-9-7-16(27)8-10-17)48-12-2-11-19(28,29)20(30,31)21(32,33)22(34,35)23(36,37)24(38,39)25(40,41)26(42,43)44/h3-10H,2,11-13H2,1H3,(H,45,47). The average Bonchev–Trinajstić information content (AvgIpc) is 2.95. The van der Waals surface area contributed by atoms with Gasteiger partial charge in [0.1, 0.15) is 0 Å². The lowest BCUT2D eigenvalue weighted by molar-refractivity contribution is -0.461. The van der Waals surface area contributed by atoms with Crippen molar-refractivity contribution in [3.63, 3.8) is 0 Å². The molecule has 0 saturated carbocycles. The predicted molar refractivity (Wildman–Crippen MR) is 133 cm³/mol. The third-order valence-corrected chi connectivity index (χ3v) is 6.69. The van der Waals surface area contributed by atoms with E-state index < -0.39 is 79.7 Å². The molecule has 1 N–H and O–H groups in total. The highest BCUT2D eigenvalue weighted by molar-refractivity contribution is 6.30. The average molecular weight is 751 g/mol. The molecule has 0 unspecified atom stereocenters. The van der Waals surface area contributed by atoms with Gasteiger partial charge in [-0.2, -0.15) is 79.7 Å². The Hall–Kier alpha value is -3.23. The molecule has 4 nitrogen and oxygen atoms in total. The van der Waals surface area contributed by atoms with Gasteiger partial charge in [-0.1, -0.05) is 41.4 Å². The van der Waals surface area contributed by atoms with Crippen LogP contribution in [-0.4, -0.2) is 65.3 Å². The van der Waals surface area contributed by atoms with Crippen LogP contribution >= 0.6 is 11.6 Å². The summed E-state index contributed by atoms with van der Waals surface area (Å²) in [6.07, 6.45) is -12.1. The van der Waals surface area contributed by atoms with Crippen molar-refractivity contribution in [2.24, 2.45) is 0 Å². The highest BCUT2D eigenvalue weighted by Crippen LogP contribution is 2.64. The molecule has 0 spiro atoms. The van der Waals surface area contributed by atoms with Gasteiger partial charge in [0, 0.05) is 17.1 Å². The first kappa shape index (κ1) is 40.9. The Morgan fingerprint density at radius 1 is 0.667 bits per heavy atom. The third-order valence-electron chi connectivity index (χ3n) is 6.44. The molecule has 0 fully saturated rings. The van der Waals surface area contributed by atoms with Crippen LogP contribution in [0.25, 0.3) is 0 Å². The van der Waals surface area contributed by atoms with E-state index in [2.05, 4.69) is 5.32 Å². The molecule has 0 aliphatic heterocycles. The summed E-state index contributed by atoms with van der Waals surface area (Å²) in [7, 11) is 0. The van der Waals surface area contributed by atoms with Crippen LogP contribution in [0.2, 0.25) is 5.02 Å². The fourth-order valence-electron chi connectivity index (χ4n) is 3.58. The molecule has 2 rings (SSSR count). The zero-order valence-corrected chi connectivity index (χ0v) is 24.3. The van der Waals surface area contributed by atoms with E-state index in [1.807, 2.05) is 0 Å². The summed E-state index contributed by atoms with van der Waals surface area (Å²) in [6.45, 7) is -0.118. The van der Waals surface area contributed by atoms with Crippen LogP contribution in [0.1, 0.15) is 24.0 Å². The van der Waals surface area contributed by atoms with Crippen molar-refractivity contribution in [2.75, 3.05) is 11.9 Å². The molecule has 48 heavy (non-hydrogen) atoms. The number of anilines is 1. The zero-order chi connectivity index (χ0) is 37.4. The summed E-state index contributed by atoms with van der Waals surface area (Å²) in [4.78, 5) is 17.7. The summed E-state index contributed by atoms with van der Waals surface area (Å²) in [5.41, 5.74) is 1.11. The highest BCUT2D eigenvalue weighted by atomic mass is 35.5. The molecule has 272 valence electrons. The number of carbonyl (C=O) groups excluding carboxylic acids is 1. The van der Waals surface area contributed by atoms with E-state index in [9.17, 15) is 79.4 Å². The van der Waals surface area contributed by atoms with Crippen molar-refractivity contribution in [3.8, 4) is 0 Å². The maximum absolute atomic E-state index is 14.2. The van der Waals surface area contributed by atoms with Crippen LogP contribution in [0.15, 0.2) is 48.5 Å². The Kier molecular flexibility index (Phi) is 11.6. The molecular formula is C26H20ClF17N2O2. The molecule has 0 saturated heterocycles. The Labute approximate surface area is 263 Å². The van der Waals surface area contributed by atoms with Crippen LogP contribution in [0.3, 0.4) is 0 Å². The SMILES string of the molecule is Cc1ccc(CN(OCCCC(F)(F)C(F)(F)C(F)(F)C(F)(F)C(F)(F)C(F)(F)C(F)(F)C(F)(F)F)C(=O)Nc2ccc(Cl)cc2)cc1. The van der Waals surface area contributed by atoms with E-state index in [0.717, 1.165) is 5.56 Å². The van der Waals surface area contributed by atoms with Gasteiger partial charge in [-0.25, -0.2) is 4.79 Å². The second kappa shape index (κ2) is 13.6. The molecule has 0 aromatic heterocycles. The number of benzene rings is 2. The monoisotopic (exact) mass is 750 g/mol. The fourth-order valence-corrected chi connectivity index (χ4v) is 3.70. The molecule has 0 aliphatic rings. The molecular weight excluding hydrogens is 731 g/mol. The van der Waals surface area contributed by atoms with Gasteiger partial charge >= 0.3 is 53.7 Å². The Balaban J connectivity index is 2.27. The summed E-state index contributed by atoms with van der Waals surface area (Å²) in [5.74, 6) is -56.9. The number of hydroxylamine groups is 2. The van der Waals surface area contributed by atoms with E-state index in [0.29, 0.717) is 10.6 Å². The topological polar surface area (TPSA) is 41.6 Å². The maximum Gasteiger partial charge on any atom is 0.460 e. The van der Waals surface area contributed by atoms with Crippen LogP contribution < -0.4 is 5.32 Å². The lowest BCUT2D eigenvalue weighted by Crippen LogP contribution is -2.74. The van der Waals surface area contributed by atoms with Crippen molar-refractivity contribution in [2.45, 2.75) is 73.9 Å². The van der Waals surface area contributed by atoms with Gasteiger partial charge < -0.3 is 5.32 Å². The first-order chi connectivity index (χ1) is 21.5. The van der Waals surface area contributed by atoms with Crippen LogP contribution in [0, 0.1) is 6.92 Å². The molecule has 0 heterocycles. The first-order valence-corrected chi connectivity index (χ1v) is 13.1. The molecule has 0 aliphatic carbocycles. The Morgan fingerprint density at radius 3 is 1.56 bits per heavy atom. The van der Waals surface area contributed by atoms with Crippen LogP contribution in [0.4, 0.5) is 85.1 Å². The van der Waals surface area contributed by atoms with E-state index in [-0.39, 0.29) is 10.7 Å². The molecule has 22 heteroatoms. The van der Waals surface area contributed by atoms with Gasteiger partial charge in [-0.15, -0.1) is 0 Å². The van der Waals surface area contributed by atoms with Crippen LogP contribution in [-0.2, 0) is 11.4 Å². The molecule has 0 bridgehead atoms. The normalized spacial score (nSPS) is 14.2. The minimum Gasteiger partial charge on any atom is -0.306 e. The fraction of sp³-hybridized carbons (Fsp3) is 0.500. The molecule has 2 aromatic rings. The quantitative estimate of drug-likeness (QED) is 0.119. The Morgan fingerprint density at radius 2 is 1.10 bits per heavy atom. The lowest BCUT2D eigenvalue weighted by Gasteiger charge is -2.42. The van der Waals surface area contributed by atoms with E-state index >= 15 is 0 Å². The number of rotatable bonds is 14. The first-order valence-electron chi connectivity index (χ1n) is 12.7. The minimum atomic E-state index is -8.70. The molecule has 2 aromatic carbocycles. The number of carbonyl (C=O) groups is 1. The predicted octanol–water partition coefficient (Wildman–Crippen LogP) is 10.4. The Bertz CT molecular complexity index is 1400. The molecule has 0 atom stereocenters. The van der Waals surface area contributed by atoms with E-state index in [1.54, 1.807) is 19.1 Å². The minimum absolute atomic E-state index is 0.0756. The number of nitrogens with zero attached hydrogens (tertiary/aromatic N) is 1. The molecule has 2 amide bonds. The number of nitrogens with one attached hydrogen (secondary N) is 1. The number of hydrogen-bond acceptors (Lipinski definition) is 2. The third kappa shape index (κ3) is 7.50. The second-order valence-electron chi connectivity index (χ2n) is 10.0. The van der Waals surface area contributed by atoms with Crippen molar-refractivity contribution in [1.29, 1.82) is 0 Å². The maximum atomic E-state index is 14.2. The van der Waals surface area contributed by atoms with Gasteiger partial charge in [0.25, 0.3) is 0 Å². The van der Waals surface area contributed by atoms with Crippen molar-refractivity contribution < 1.29 is 84.3 Å². The zero-order valence-electron chi connectivity index (χ0n) is 23.5. The summed E-state index contributed by atoms with van der Waals surface area (Å²) in [6, 6.07) is 10.1. The number of halogens is 18. The van der Waals surface area contributed by atoms with E-state index in [1.165, 1.54) is 36.4 Å².